The van der Waals surface area contributed by atoms with Crippen molar-refractivity contribution in [3.63, 3.8) is 0 Å². The highest BCUT2D eigenvalue weighted by molar-refractivity contribution is 9.08. The summed E-state index contributed by atoms with van der Waals surface area (Å²) in [5.74, 6) is 0.170. The third kappa shape index (κ3) is 2.88. The van der Waals surface area contributed by atoms with Gasteiger partial charge in [-0.1, -0.05) is 28.1 Å². The molecule has 0 aliphatic rings. The lowest BCUT2D eigenvalue weighted by Crippen LogP contribution is -1.90. The van der Waals surface area contributed by atoms with Crippen molar-refractivity contribution in [2.75, 3.05) is 0 Å². The van der Waals surface area contributed by atoms with Crippen molar-refractivity contribution >= 4 is 15.9 Å². The van der Waals surface area contributed by atoms with E-state index in [1.807, 2.05) is 6.07 Å². The molecule has 0 aliphatic carbocycles. The lowest BCUT2D eigenvalue weighted by molar-refractivity contribution is 0.442. The third-order valence-electron chi connectivity index (χ3n) is 2.34. The Morgan fingerprint density at radius 3 is 2.72 bits per heavy atom. The van der Waals surface area contributed by atoms with Crippen molar-refractivity contribution in [3.05, 3.63) is 59.4 Å². The van der Waals surface area contributed by atoms with Crippen LogP contribution < -0.4 is 4.74 Å². The Morgan fingerprint density at radius 1 is 1.22 bits per heavy atom. The summed E-state index contributed by atoms with van der Waals surface area (Å²) in [7, 11) is 0. The van der Waals surface area contributed by atoms with Gasteiger partial charge in [-0.3, -0.25) is 0 Å². The Morgan fingerprint density at radius 2 is 2.06 bits per heavy atom. The first-order chi connectivity index (χ1) is 8.72. The van der Waals surface area contributed by atoms with Gasteiger partial charge in [0.2, 0.25) is 0 Å². The van der Waals surface area contributed by atoms with Gasteiger partial charge in [-0.25, -0.2) is 4.39 Å². The van der Waals surface area contributed by atoms with Crippen molar-refractivity contribution in [2.24, 2.45) is 0 Å². The van der Waals surface area contributed by atoms with Crippen LogP contribution in [0.4, 0.5) is 4.39 Å². The smallest absolute Gasteiger partial charge is 0.166 e. The van der Waals surface area contributed by atoms with Crippen LogP contribution in [0, 0.1) is 17.1 Å². The quantitative estimate of drug-likeness (QED) is 0.788. The highest BCUT2D eigenvalue weighted by atomic mass is 79.9. The second-order valence-electron chi connectivity index (χ2n) is 3.64. The lowest BCUT2D eigenvalue weighted by Gasteiger charge is -2.07. The molecule has 0 radical (unpaired) electrons. The predicted octanol–water partition coefficient (Wildman–Crippen LogP) is 4.38. The van der Waals surface area contributed by atoms with E-state index in [2.05, 4.69) is 15.9 Å². The van der Waals surface area contributed by atoms with Crippen LogP contribution in [0.15, 0.2) is 42.5 Å². The van der Waals surface area contributed by atoms with E-state index >= 15 is 0 Å². The Kier molecular flexibility index (Phi) is 3.96. The van der Waals surface area contributed by atoms with Crippen molar-refractivity contribution in [3.8, 4) is 17.6 Å². The van der Waals surface area contributed by atoms with Gasteiger partial charge < -0.3 is 4.74 Å². The van der Waals surface area contributed by atoms with Gasteiger partial charge in [-0.05, 0) is 35.9 Å². The Hall–Kier alpha value is -1.86. The summed E-state index contributed by atoms with van der Waals surface area (Å²) in [6, 6.07) is 13.4. The van der Waals surface area contributed by atoms with Gasteiger partial charge in [-0.15, -0.1) is 0 Å². The minimum Gasteiger partial charge on any atom is -0.454 e. The third-order valence-corrected chi connectivity index (χ3v) is 2.99. The standard InChI is InChI=1S/C14H9BrFNO/c15-8-10-4-5-14(13(16)7-10)18-12-3-1-2-11(6-12)9-17/h1-7H,8H2. The summed E-state index contributed by atoms with van der Waals surface area (Å²) in [5, 5.41) is 9.36. The Bertz CT molecular complexity index is 607. The average molecular weight is 306 g/mol. The van der Waals surface area contributed by atoms with Crippen LogP contribution in [0.25, 0.3) is 0 Å². The number of alkyl halides is 1. The molecular formula is C14H9BrFNO. The summed E-state index contributed by atoms with van der Waals surface area (Å²) < 4.78 is 19.1. The number of halogens is 2. The van der Waals surface area contributed by atoms with Gasteiger partial charge >= 0.3 is 0 Å². The zero-order valence-electron chi connectivity index (χ0n) is 9.36. The lowest BCUT2D eigenvalue weighted by atomic mass is 10.2. The zero-order chi connectivity index (χ0) is 13.0. The summed E-state index contributed by atoms with van der Waals surface area (Å²) in [4.78, 5) is 0. The molecule has 0 saturated heterocycles. The van der Waals surface area contributed by atoms with Crippen LogP contribution in [0.1, 0.15) is 11.1 Å². The van der Waals surface area contributed by atoms with Crippen molar-refractivity contribution in [1.82, 2.24) is 0 Å². The normalized spacial score (nSPS) is 9.83. The van der Waals surface area contributed by atoms with Gasteiger partial charge in [0, 0.05) is 5.33 Å². The number of rotatable bonds is 3. The van der Waals surface area contributed by atoms with Gasteiger partial charge in [0.05, 0.1) is 11.6 Å². The number of nitriles is 1. The second-order valence-corrected chi connectivity index (χ2v) is 4.20. The fourth-order valence-electron chi connectivity index (χ4n) is 1.47. The number of nitrogens with zero attached hydrogens (tertiary/aromatic N) is 1. The van der Waals surface area contributed by atoms with Gasteiger partial charge in [0.15, 0.2) is 11.6 Å². The zero-order valence-corrected chi connectivity index (χ0v) is 10.9. The van der Waals surface area contributed by atoms with E-state index in [9.17, 15) is 4.39 Å². The summed E-state index contributed by atoms with van der Waals surface area (Å²) in [5.41, 5.74) is 1.32. The maximum atomic E-state index is 13.7. The molecule has 0 aromatic heterocycles. The highest BCUT2D eigenvalue weighted by Crippen LogP contribution is 2.26. The maximum Gasteiger partial charge on any atom is 0.166 e. The summed E-state index contributed by atoms with van der Waals surface area (Å²) in [6.45, 7) is 0. The topological polar surface area (TPSA) is 33.0 Å². The minimum atomic E-state index is -0.422. The molecule has 0 aliphatic heterocycles. The predicted molar refractivity (Wildman–Crippen MR) is 70.3 cm³/mol. The molecule has 0 N–H and O–H groups in total. The van der Waals surface area contributed by atoms with Crippen molar-refractivity contribution in [2.45, 2.75) is 5.33 Å². The van der Waals surface area contributed by atoms with Crippen LogP contribution >= 0.6 is 15.9 Å². The molecule has 4 heteroatoms. The molecule has 2 aromatic rings. The van der Waals surface area contributed by atoms with Gasteiger partial charge in [0.25, 0.3) is 0 Å². The number of hydrogen-bond acceptors (Lipinski definition) is 2. The Labute approximate surface area is 113 Å². The number of hydrogen-bond donors (Lipinski definition) is 0. The van der Waals surface area contributed by atoms with E-state index in [1.165, 1.54) is 6.07 Å². The second kappa shape index (κ2) is 5.65. The molecule has 2 nitrogen and oxygen atoms in total. The van der Waals surface area contributed by atoms with E-state index in [1.54, 1.807) is 36.4 Å². The molecule has 2 rings (SSSR count). The monoisotopic (exact) mass is 305 g/mol. The first-order valence-electron chi connectivity index (χ1n) is 5.25. The van der Waals surface area contributed by atoms with E-state index < -0.39 is 5.82 Å². The molecule has 0 spiro atoms. The molecule has 90 valence electrons. The molecule has 0 saturated carbocycles. The van der Waals surface area contributed by atoms with Gasteiger partial charge in [-0.2, -0.15) is 5.26 Å². The van der Waals surface area contributed by atoms with Crippen molar-refractivity contribution in [1.29, 1.82) is 5.26 Å². The SMILES string of the molecule is N#Cc1cccc(Oc2ccc(CBr)cc2F)c1. The highest BCUT2D eigenvalue weighted by Gasteiger charge is 2.06. The maximum absolute atomic E-state index is 13.7. The van der Waals surface area contributed by atoms with Crippen LogP contribution in [0.2, 0.25) is 0 Å². The fourth-order valence-corrected chi connectivity index (χ4v) is 1.82. The molecule has 0 atom stereocenters. The minimum absolute atomic E-state index is 0.148. The first kappa shape index (κ1) is 12.6. The summed E-state index contributed by atoms with van der Waals surface area (Å²) in [6.07, 6.45) is 0. The molecular weight excluding hydrogens is 297 g/mol. The number of ether oxygens (including phenoxy) is 1. The van der Waals surface area contributed by atoms with E-state index in [4.69, 9.17) is 10.00 Å². The van der Waals surface area contributed by atoms with Crippen molar-refractivity contribution < 1.29 is 9.13 Å². The van der Waals surface area contributed by atoms with Crippen LogP contribution in [-0.2, 0) is 5.33 Å². The molecule has 0 fully saturated rings. The molecule has 0 amide bonds. The molecule has 0 unspecified atom stereocenters. The van der Waals surface area contributed by atoms with E-state index in [0.29, 0.717) is 16.6 Å². The molecule has 18 heavy (non-hydrogen) atoms. The largest absolute Gasteiger partial charge is 0.454 e. The summed E-state index contributed by atoms with van der Waals surface area (Å²) >= 11 is 3.26. The average Bonchev–Trinajstić information content (AvgIpc) is 2.41. The molecule has 0 bridgehead atoms. The Balaban J connectivity index is 2.26. The molecule has 0 heterocycles. The van der Waals surface area contributed by atoms with Crippen LogP contribution in [0.5, 0.6) is 11.5 Å². The number of benzene rings is 2. The van der Waals surface area contributed by atoms with E-state index in [0.717, 1.165) is 5.56 Å². The molecule has 2 aromatic carbocycles. The van der Waals surface area contributed by atoms with Crippen LogP contribution in [-0.4, -0.2) is 0 Å². The fraction of sp³-hybridized carbons (Fsp3) is 0.0714. The first-order valence-corrected chi connectivity index (χ1v) is 6.37. The van der Waals surface area contributed by atoms with Gasteiger partial charge in [0.1, 0.15) is 5.75 Å². The van der Waals surface area contributed by atoms with Crippen LogP contribution in [0.3, 0.4) is 0 Å². The van der Waals surface area contributed by atoms with E-state index in [-0.39, 0.29) is 5.75 Å².